The van der Waals surface area contributed by atoms with Gasteiger partial charge < -0.3 is 20.4 Å². The molecule has 0 atom stereocenters. The molecule has 0 saturated carbocycles. The maximum absolute atomic E-state index is 6.26. The number of anilines is 4. The van der Waals surface area contributed by atoms with Crippen molar-refractivity contribution in [3.8, 4) is 0 Å². The van der Waals surface area contributed by atoms with Gasteiger partial charge in [0.15, 0.2) is 11.6 Å². The highest BCUT2D eigenvalue weighted by Crippen LogP contribution is 2.27. The Morgan fingerprint density at radius 2 is 1.94 bits per heavy atom. The minimum Gasteiger partial charge on any atom is -0.394 e. The Kier molecular flexibility index (Phi) is 7.66. The van der Waals surface area contributed by atoms with Gasteiger partial charge in [0.2, 0.25) is 5.95 Å². The summed E-state index contributed by atoms with van der Waals surface area (Å²) in [5.74, 6) is 1.53. The lowest BCUT2D eigenvalue weighted by molar-refractivity contribution is 0.126. The number of hydrogen-bond donors (Lipinski definition) is 3. The van der Waals surface area contributed by atoms with Crippen molar-refractivity contribution >= 4 is 40.6 Å². The normalized spacial score (nSPS) is 11.7. The maximum atomic E-state index is 6.26. The maximum Gasteiger partial charge on any atom is 0.229 e. The van der Waals surface area contributed by atoms with Crippen LogP contribution in [-0.2, 0) is 4.84 Å². The quantitative estimate of drug-likeness (QED) is 0.246. The van der Waals surface area contributed by atoms with Crippen LogP contribution < -0.4 is 10.6 Å². The number of aromatic amines is 1. The third-order valence-corrected chi connectivity index (χ3v) is 5.01. The minimum atomic E-state index is 0.403. The summed E-state index contributed by atoms with van der Waals surface area (Å²) < 4.78 is 0. The standard InChI is InChI=1S/C22H29ClN8O/c1-13-10-19(14(2)9-17(13)16(4)30-32-8-7-31(5)6)25-22-24-12-18(23)21(27-22)26-20-11-15(3)28-29-20/h9-12H,7-8H2,1-6H3,(H3,24,25,26,27,28,29). The third-order valence-electron chi connectivity index (χ3n) is 4.74. The molecule has 0 fully saturated rings. The van der Waals surface area contributed by atoms with Crippen LogP contribution >= 0.6 is 11.6 Å². The molecular formula is C22H29ClN8O. The Morgan fingerprint density at radius 1 is 1.16 bits per heavy atom. The summed E-state index contributed by atoms with van der Waals surface area (Å²) in [4.78, 5) is 16.3. The molecule has 0 aliphatic rings. The molecule has 2 aromatic heterocycles. The van der Waals surface area contributed by atoms with Crippen LogP contribution in [0, 0.1) is 20.8 Å². The smallest absolute Gasteiger partial charge is 0.229 e. The van der Waals surface area contributed by atoms with Gasteiger partial charge in [0.05, 0.1) is 11.9 Å². The molecule has 3 N–H and O–H groups in total. The van der Waals surface area contributed by atoms with Gasteiger partial charge in [-0.25, -0.2) is 4.98 Å². The second-order valence-electron chi connectivity index (χ2n) is 7.87. The number of nitrogens with zero attached hydrogens (tertiary/aromatic N) is 5. The first kappa shape index (κ1) is 23.5. The SMILES string of the molecule is CC(=NOCCN(C)C)c1cc(C)c(Nc2ncc(Cl)c(Nc3cc(C)[nH]n3)n2)cc1C. The van der Waals surface area contributed by atoms with Crippen LogP contribution in [-0.4, -0.2) is 58.0 Å². The van der Waals surface area contributed by atoms with Gasteiger partial charge >= 0.3 is 0 Å². The van der Waals surface area contributed by atoms with Gasteiger partial charge in [-0.15, -0.1) is 0 Å². The topological polar surface area (TPSA) is 103 Å². The lowest BCUT2D eigenvalue weighted by Crippen LogP contribution is -2.17. The lowest BCUT2D eigenvalue weighted by Gasteiger charge is -2.14. The second kappa shape index (κ2) is 10.4. The highest BCUT2D eigenvalue weighted by atomic mass is 35.5. The number of hydrogen-bond acceptors (Lipinski definition) is 8. The van der Waals surface area contributed by atoms with Crippen molar-refractivity contribution in [1.29, 1.82) is 0 Å². The van der Waals surface area contributed by atoms with E-state index in [1.165, 1.54) is 0 Å². The fourth-order valence-electron chi connectivity index (χ4n) is 2.99. The summed E-state index contributed by atoms with van der Waals surface area (Å²) in [6.07, 6.45) is 1.55. The summed E-state index contributed by atoms with van der Waals surface area (Å²) >= 11 is 6.26. The summed E-state index contributed by atoms with van der Waals surface area (Å²) in [6.45, 7) is 9.28. The number of likely N-dealkylation sites (N-methyl/N-ethyl adjacent to an activating group) is 1. The molecule has 2 heterocycles. The zero-order valence-electron chi connectivity index (χ0n) is 19.2. The van der Waals surface area contributed by atoms with Gasteiger partial charge in [0.1, 0.15) is 11.6 Å². The van der Waals surface area contributed by atoms with Crippen LogP contribution in [0.5, 0.6) is 0 Å². The van der Waals surface area contributed by atoms with Gasteiger partial charge in [-0.2, -0.15) is 10.1 Å². The van der Waals surface area contributed by atoms with E-state index in [2.05, 4.69) is 46.9 Å². The van der Waals surface area contributed by atoms with Crippen LogP contribution in [0.15, 0.2) is 29.6 Å². The molecule has 1 aromatic carbocycles. The molecule has 9 nitrogen and oxygen atoms in total. The van der Waals surface area contributed by atoms with Crippen LogP contribution in [0.3, 0.4) is 0 Å². The molecule has 10 heteroatoms. The van der Waals surface area contributed by atoms with Crippen molar-refractivity contribution in [3.63, 3.8) is 0 Å². The zero-order chi connectivity index (χ0) is 23.3. The largest absolute Gasteiger partial charge is 0.394 e. The predicted molar refractivity (Wildman–Crippen MR) is 130 cm³/mol. The van der Waals surface area contributed by atoms with Crippen molar-refractivity contribution in [1.82, 2.24) is 25.1 Å². The molecule has 3 rings (SSSR count). The summed E-state index contributed by atoms with van der Waals surface area (Å²) in [5.41, 5.74) is 5.80. The summed E-state index contributed by atoms with van der Waals surface area (Å²) in [5, 5.41) is 18.1. The monoisotopic (exact) mass is 456 g/mol. The van der Waals surface area contributed by atoms with E-state index in [-0.39, 0.29) is 0 Å². The van der Waals surface area contributed by atoms with Crippen molar-refractivity contribution < 1.29 is 4.84 Å². The van der Waals surface area contributed by atoms with Crippen molar-refractivity contribution in [2.45, 2.75) is 27.7 Å². The average molecular weight is 457 g/mol. The molecule has 0 aliphatic carbocycles. The fourth-order valence-corrected chi connectivity index (χ4v) is 3.13. The van der Waals surface area contributed by atoms with Crippen LogP contribution in [0.2, 0.25) is 5.02 Å². The van der Waals surface area contributed by atoms with Crippen molar-refractivity contribution in [2.24, 2.45) is 5.16 Å². The second-order valence-corrected chi connectivity index (χ2v) is 8.28. The number of aromatic nitrogens is 4. The Balaban J connectivity index is 1.76. The first-order valence-electron chi connectivity index (χ1n) is 10.2. The minimum absolute atomic E-state index is 0.403. The lowest BCUT2D eigenvalue weighted by atomic mass is 10.0. The Labute approximate surface area is 193 Å². The summed E-state index contributed by atoms with van der Waals surface area (Å²) in [6, 6.07) is 5.99. The molecular weight excluding hydrogens is 428 g/mol. The molecule has 0 radical (unpaired) electrons. The fraction of sp³-hybridized carbons (Fsp3) is 0.364. The van der Waals surface area contributed by atoms with E-state index < -0.39 is 0 Å². The van der Waals surface area contributed by atoms with E-state index in [0.29, 0.717) is 29.2 Å². The highest BCUT2D eigenvalue weighted by molar-refractivity contribution is 6.32. The Morgan fingerprint density at radius 3 is 2.62 bits per heavy atom. The molecule has 170 valence electrons. The number of nitrogens with one attached hydrogen (secondary N) is 3. The number of oxime groups is 1. The Bertz CT molecular complexity index is 1110. The molecule has 0 saturated heterocycles. The highest BCUT2D eigenvalue weighted by Gasteiger charge is 2.11. The number of rotatable bonds is 9. The first-order valence-corrected chi connectivity index (χ1v) is 10.6. The van der Waals surface area contributed by atoms with Gasteiger partial charge in [-0.05, 0) is 65.0 Å². The molecule has 0 bridgehead atoms. The van der Waals surface area contributed by atoms with Crippen molar-refractivity contribution in [3.05, 3.63) is 51.8 Å². The molecule has 0 amide bonds. The van der Waals surface area contributed by atoms with E-state index in [4.69, 9.17) is 16.4 Å². The van der Waals surface area contributed by atoms with Gasteiger partial charge in [0, 0.05) is 29.6 Å². The molecule has 32 heavy (non-hydrogen) atoms. The van der Waals surface area contributed by atoms with E-state index in [9.17, 15) is 0 Å². The van der Waals surface area contributed by atoms with Crippen LogP contribution in [0.1, 0.15) is 29.3 Å². The number of H-pyrrole nitrogens is 1. The van der Waals surface area contributed by atoms with Gasteiger partial charge in [-0.1, -0.05) is 16.8 Å². The molecule has 3 aromatic rings. The summed E-state index contributed by atoms with van der Waals surface area (Å²) in [7, 11) is 4.00. The van der Waals surface area contributed by atoms with Gasteiger partial charge in [-0.3, -0.25) is 5.10 Å². The van der Waals surface area contributed by atoms with E-state index in [1.54, 1.807) is 6.20 Å². The predicted octanol–water partition coefficient (Wildman–Crippen LogP) is 4.57. The van der Waals surface area contributed by atoms with E-state index >= 15 is 0 Å². The number of benzene rings is 1. The van der Waals surface area contributed by atoms with Crippen LogP contribution in [0.4, 0.5) is 23.3 Å². The zero-order valence-corrected chi connectivity index (χ0v) is 20.0. The van der Waals surface area contributed by atoms with Gasteiger partial charge in [0.25, 0.3) is 0 Å². The third kappa shape index (κ3) is 6.18. The first-order chi connectivity index (χ1) is 15.2. The Hall–Kier alpha value is -3.17. The van der Waals surface area contributed by atoms with E-state index in [1.807, 2.05) is 53.9 Å². The van der Waals surface area contributed by atoms with E-state index in [0.717, 1.165) is 40.3 Å². The molecule has 0 spiro atoms. The van der Waals surface area contributed by atoms with Crippen LogP contribution in [0.25, 0.3) is 0 Å². The van der Waals surface area contributed by atoms with Crippen molar-refractivity contribution in [2.75, 3.05) is 37.9 Å². The molecule has 0 unspecified atom stereocenters. The number of halogens is 1. The number of aryl methyl sites for hydroxylation is 3. The average Bonchev–Trinajstić information content (AvgIpc) is 3.14. The molecule has 0 aliphatic heterocycles.